The number of fused-ring (bicyclic) bond motifs is 6. The van der Waals surface area contributed by atoms with Crippen LogP contribution >= 0.6 is 0 Å². The molecule has 0 aliphatic rings. The Morgan fingerprint density at radius 2 is 0.647 bits per heavy atom. The molecule has 4 heterocycles. The molecule has 13 aromatic rings. The predicted octanol–water partition coefficient (Wildman–Crippen LogP) is 15.5. The Bertz CT molecular complexity index is 3840. The second-order valence-corrected chi connectivity index (χ2v) is 17.0. The summed E-state index contributed by atoms with van der Waals surface area (Å²) in [6.07, 6.45) is 0. The molecule has 0 amide bonds. The van der Waals surface area contributed by atoms with Gasteiger partial charge in [-0.1, -0.05) is 176 Å². The summed E-state index contributed by atoms with van der Waals surface area (Å²) in [5.74, 6) is 1.27. The summed E-state index contributed by atoms with van der Waals surface area (Å²) < 4.78 is 4.78. The van der Waals surface area contributed by atoms with Gasteiger partial charge < -0.3 is 9.13 Å². The molecule has 0 saturated heterocycles. The Morgan fingerprint density at radius 3 is 1.18 bits per heavy atom. The molecular formula is C62H40N6. The molecule has 4 aromatic heterocycles. The molecule has 68 heavy (non-hydrogen) atoms. The molecule has 0 unspecified atom stereocenters. The molecule has 0 aliphatic carbocycles. The number of hydrogen-bond donors (Lipinski definition) is 0. The minimum Gasteiger partial charge on any atom is -0.309 e. The smallest absolute Gasteiger partial charge is 0.160 e. The molecule has 6 nitrogen and oxygen atoms in total. The number of aromatic nitrogens is 6. The SMILES string of the molecule is c1ccc(-c2cc(-c3ccccc3)nc(-c3ccc(-n4c5ccccc5c5cc(-n6c7ccccc7c7ccccc76)ccc54)c(-c4cc(-c5ccccc5)nc(-c5ccccc5)n4)c3)n2)cc1. The maximum Gasteiger partial charge on any atom is 0.160 e. The maximum atomic E-state index is 5.43. The first kappa shape index (κ1) is 39.1. The molecule has 13 rings (SSSR count). The van der Waals surface area contributed by atoms with Gasteiger partial charge in [0.2, 0.25) is 0 Å². The largest absolute Gasteiger partial charge is 0.309 e. The first-order chi connectivity index (χ1) is 33.7. The van der Waals surface area contributed by atoms with Crippen molar-refractivity contribution in [1.82, 2.24) is 29.1 Å². The van der Waals surface area contributed by atoms with Crippen molar-refractivity contribution < 1.29 is 0 Å². The molecule has 0 atom stereocenters. The first-order valence-electron chi connectivity index (χ1n) is 22.9. The lowest BCUT2D eigenvalue weighted by molar-refractivity contribution is 1.14. The lowest BCUT2D eigenvalue weighted by Gasteiger charge is -2.17. The fourth-order valence-electron chi connectivity index (χ4n) is 9.78. The normalized spacial score (nSPS) is 11.5. The molecular weight excluding hydrogens is 829 g/mol. The van der Waals surface area contributed by atoms with Crippen LogP contribution in [0.15, 0.2) is 243 Å². The highest BCUT2D eigenvalue weighted by atomic mass is 15.0. The van der Waals surface area contributed by atoms with Crippen LogP contribution in [0.3, 0.4) is 0 Å². The number of hydrogen-bond acceptors (Lipinski definition) is 4. The summed E-state index contributed by atoms with van der Waals surface area (Å²) in [7, 11) is 0. The van der Waals surface area contributed by atoms with Gasteiger partial charge in [0.15, 0.2) is 11.6 Å². The molecule has 0 fully saturated rings. The Morgan fingerprint density at radius 1 is 0.250 bits per heavy atom. The Balaban J connectivity index is 1.08. The van der Waals surface area contributed by atoms with Crippen molar-refractivity contribution in [3.8, 4) is 79.2 Å². The zero-order chi connectivity index (χ0) is 45.0. The van der Waals surface area contributed by atoms with Crippen LogP contribution in [-0.4, -0.2) is 29.1 Å². The number of rotatable bonds is 8. The van der Waals surface area contributed by atoms with Crippen molar-refractivity contribution in [2.45, 2.75) is 0 Å². The van der Waals surface area contributed by atoms with Crippen LogP contribution < -0.4 is 0 Å². The fraction of sp³-hybridized carbons (Fsp3) is 0. The van der Waals surface area contributed by atoms with Gasteiger partial charge in [0.1, 0.15) is 0 Å². The van der Waals surface area contributed by atoms with Crippen LogP contribution in [0.2, 0.25) is 0 Å². The van der Waals surface area contributed by atoms with Crippen molar-refractivity contribution in [3.63, 3.8) is 0 Å². The van der Waals surface area contributed by atoms with E-state index in [0.29, 0.717) is 11.6 Å². The molecule has 6 heteroatoms. The van der Waals surface area contributed by atoms with E-state index in [1.165, 1.54) is 21.8 Å². The molecule has 0 aliphatic heterocycles. The van der Waals surface area contributed by atoms with E-state index in [2.05, 4.69) is 191 Å². The van der Waals surface area contributed by atoms with Crippen molar-refractivity contribution in [3.05, 3.63) is 243 Å². The summed E-state index contributed by atoms with van der Waals surface area (Å²) >= 11 is 0. The van der Waals surface area contributed by atoms with E-state index in [0.717, 1.165) is 89.3 Å². The van der Waals surface area contributed by atoms with Crippen LogP contribution in [0, 0.1) is 0 Å². The van der Waals surface area contributed by atoms with Gasteiger partial charge in [-0.15, -0.1) is 0 Å². The molecule has 318 valence electrons. The Kier molecular flexibility index (Phi) is 9.39. The summed E-state index contributed by atoms with van der Waals surface area (Å²) in [5, 5.41) is 4.78. The fourth-order valence-corrected chi connectivity index (χ4v) is 9.78. The molecule has 0 spiro atoms. The van der Waals surface area contributed by atoms with E-state index in [1.54, 1.807) is 0 Å². The third-order valence-electron chi connectivity index (χ3n) is 13.0. The molecule has 0 saturated carbocycles. The third-order valence-corrected chi connectivity index (χ3v) is 13.0. The van der Waals surface area contributed by atoms with Crippen LogP contribution in [0.25, 0.3) is 123 Å². The van der Waals surface area contributed by atoms with Gasteiger partial charge >= 0.3 is 0 Å². The number of benzene rings is 9. The Labute approximate surface area is 392 Å². The number of nitrogens with zero attached hydrogens (tertiary/aromatic N) is 6. The van der Waals surface area contributed by atoms with Crippen LogP contribution in [0.1, 0.15) is 0 Å². The van der Waals surface area contributed by atoms with Gasteiger partial charge in [0, 0.05) is 60.6 Å². The van der Waals surface area contributed by atoms with E-state index in [1.807, 2.05) is 60.7 Å². The van der Waals surface area contributed by atoms with Gasteiger partial charge in [0.25, 0.3) is 0 Å². The third kappa shape index (κ3) is 6.74. The highest BCUT2D eigenvalue weighted by Crippen LogP contribution is 2.41. The predicted molar refractivity (Wildman–Crippen MR) is 279 cm³/mol. The lowest BCUT2D eigenvalue weighted by Crippen LogP contribution is -2.02. The standard InChI is InChI=1S/C62H40N6/c1-5-19-41(20-6-1)52-39-53(42-21-7-2-8-22-42)65-62(64-52)45-33-35-60(51(37-45)55-40-54(43-23-9-3-10-24-43)63-61(66-55)44-25-11-4-12-26-44)68-58-32-18-15-29-49(58)50-38-46(34-36-59(50)68)67-56-30-16-13-27-47(56)48-28-14-17-31-57(48)67/h1-40H. The molecule has 9 aromatic carbocycles. The Hall–Kier alpha value is -9.26. The average molecular weight is 869 g/mol. The van der Waals surface area contributed by atoms with Gasteiger partial charge in [-0.2, -0.15) is 0 Å². The minimum atomic E-state index is 0.622. The highest BCUT2D eigenvalue weighted by molar-refractivity contribution is 6.12. The topological polar surface area (TPSA) is 61.4 Å². The van der Waals surface area contributed by atoms with E-state index in [4.69, 9.17) is 19.9 Å². The van der Waals surface area contributed by atoms with Crippen molar-refractivity contribution >= 4 is 43.6 Å². The van der Waals surface area contributed by atoms with Gasteiger partial charge in [-0.05, 0) is 66.7 Å². The summed E-state index contributed by atoms with van der Waals surface area (Å²) in [5.41, 5.74) is 15.7. The molecule has 0 N–H and O–H groups in total. The highest BCUT2D eigenvalue weighted by Gasteiger charge is 2.22. The monoisotopic (exact) mass is 868 g/mol. The number of para-hydroxylation sites is 3. The average Bonchev–Trinajstić information content (AvgIpc) is 3.94. The van der Waals surface area contributed by atoms with E-state index in [9.17, 15) is 0 Å². The zero-order valence-corrected chi connectivity index (χ0v) is 36.8. The summed E-state index contributed by atoms with van der Waals surface area (Å²) in [4.78, 5) is 21.2. The maximum absolute atomic E-state index is 5.43. The van der Waals surface area contributed by atoms with E-state index >= 15 is 0 Å². The summed E-state index contributed by atoms with van der Waals surface area (Å²) in [6.45, 7) is 0. The molecule has 0 bridgehead atoms. The van der Waals surface area contributed by atoms with Gasteiger partial charge in [-0.25, -0.2) is 19.9 Å². The van der Waals surface area contributed by atoms with Crippen molar-refractivity contribution in [2.24, 2.45) is 0 Å². The summed E-state index contributed by atoms with van der Waals surface area (Å²) in [6, 6.07) is 85.0. The van der Waals surface area contributed by atoms with Crippen LogP contribution in [-0.2, 0) is 0 Å². The van der Waals surface area contributed by atoms with Gasteiger partial charge in [0.05, 0.1) is 50.5 Å². The second kappa shape index (κ2) is 16.3. The van der Waals surface area contributed by atoms with Crippen LogP contribution in [0.5, 0.6) is 0 Å². The van der Waals surface area contributed by atoms with E-state index in [-0.39, 0.29) is 0 Å². The molecule has 0 radical (unpaired) electrons. The first-order valence-corrected chi connectivity index (χ1v) is 22.9. The van der Waals surface area contributed by atoms with Crippen molar-refractivity contribution in [2.75, 3.05) is 0 Å². The quantitative estimate of drug-likeness (QED) is 0.153. The van der Waals surface area contributed by atoms with Gasteiger partial charge in [-0.3, -0.25) is 0 Å². The van der Waals surface area contributed by atoms with Crippen molar-refractivity contribution in [1.29, 1.82) is 0 Å². The minimum absolute atomic E-state index is 0.622. The second-order valence-electron chi connectivity index (χ2n) is 17.0. The van der Waals surface area contributed by atoms with Crippen LogP contribution in [0.4, 0.5) is 0 Å². The van der Waals surface area contributed by atoms with E-state index < -0.39 is 0 Å². The zero-order valence-electron chi connectivity index (χ0n) is 36.8. The lowest BCUT2D eigenvalue weighted by atomic mass is 10.0.